The third-order valence-corrected chi connectivity index (χ3v) is 5.86. The molecule has 0 heterocycles. The summed E-state index contributed by atoms with van der Waals surface area (Å²) < 4.78 is 27.6. The number of hydrogen-bond donors (Lipinski definition) is 2. The van der Waals surface area contributed by atoms with Crippen LogP contribution in [0.5, 0.6) is 0 Å². The van der Waals surface area contributed by atoms with Crippen molar-refractivity contribution in [3.63, 3.8) is 0 Å². The fourth-order valence-electron chi connectivity index (χ4n) is 2.20. The fraction of sp³-hybridized carbons (Fsp3) is 0.263. The highest BCUT2D eigenvalue weighted by atomic mass is 32.2. The summed E-state index contributed by atoms with van der Waals surface area (Å²) >= 11 is 1.34. The number of rotatable bonds is 7. The molecule has 9 heteroatoms. The van der Waals surface area contributed by atoms with Crippen molar-refractivity contribution in [3.05, 3.63) is 53.6 Å². The monoisotopic (exact) mass is 422 g/mol. The molecular formula is C19H22N2O5S2. The van der Waals surface area contributed by atoms with E-state index in [1.807, 2.05) is 32.0 Å². The molecule has 1 atom stereocenters. The molecule has 1 amide bonds. The number of aryl methyl sites for hydroxylation is 2. The van der Waals surface area contributed by atoms with Crippen molar-refractivity contribution in [2.45, 2.75) is 36.7 Å². The van der Waals surface area contributed by atoms with Gasteiger partial charge in [-0.3, -0.25) is 9.59 Å². The third kappa shape index (κ3) is 6.36. The van der Waals surface area contributed by atoms with Gasteiger partial charge in [-0.15, -0.1) is 11.8 Å². The van der Waals surface area contributed by atoms with Crippen LogP contribution in [-0.2, 0) is 24.3 Å². The molecule has 0 radical (unpaired) electrons. The van der Waals surface area contributed by atoms with Crippen LogP contribution in [0.1, 0.15) is 18.1 Å². The lowest BCUT2D eigenvalue weighted by atomic mass is 10.1. The summed E-state index contributed by atoms with van der Waals surface area (Å²) in [6.07, 6.45) is -0.995. The first-order valence-corrected chi connectivity index (χ1v) is 10.9. The number of primary sulfonamides is 1. The molecule has 0 saturated carbocycles. The van der Waals surface area contributed by atoms with Crippen LogP contribution in [-0.4, -0.2) is 32.2 Å². The summed E-state index contributed by atoms with van der Waals surface area (Å²) in [4.78, 5) is 25.0. The van der Waals surface area contributed by atoms with Crippen LogP contribution in [0, 0.1) is 13.8 Å². The molecule has 0 spiro atoms. The van der Waals surface area contributed by atoms with Crippen LogP contribution in [0.15, 0.2) is 52.3 Å². The zero-order valence-corrected chi connectivity index (χ0v) is 17.4. The molecule has 28 heavy (non-hydrogen) atoms. The molecular weight excluding hydrogens is 400 g/mol. The summed E-state index contributed by atoms with van der Waals surface area (Å²) in [6, 6.07) is 11.3. The number of nitrogens with one attached hydrogen (secondary N) is 1. The van der Waals surface area contributed by atoms with Crippen LogP contribution in [0.4, 0.5) is 5.69 Å². The van der Waals surface area contributed by atoms with Crippen molar-refractivity contribution >= 4 is 39.3 Å². The first-order chi connectivity index (χ1) is 13.1. The van der Waals surface area contributed by atoms with Crippen LogP contribution in [0.2, 0.25) is 0 Å². The molecule has 0 aromatic heterocycles. The molecule has 0 saturated heterocycles. The second-order valence-electron chi connectivity index (χ2n) is 6.23. The van der Waals surface area contributed by atoms with Crippen molar-refractivity contribution in [1.29, 1.82) is 0 Å². The number of nitrogens with two attached hydrogens (primary N) is 1. The average Bonchev–Trinajstić information content (AvgIpc) is 2.62. The smallest absolute Gasteiger partial charge is 0.317 e. The van der Waals surface area contributed by atoms with Gasteiger partial charge in [0.1, 0.15) is 0 Å². The molecule has 0 aliphatic heterocycles. The van der Waals surface area contributed by atoms with E-state index in [9.17, 15) is 18.0 Å². The lowest BCUT2D eigenvalue weighted by Crippen LogP contribution is -2.30. The predicted octanol–water partition coefficient (Wildman–Crippen LogP) is 2.61. The SMILES string of the molecule is Cc1ccc(SCC(=O)O[C@@H](C)C(=O)Nc2ccc(S(N)(=O)=O)cc2)cc1C. The molecule has 3 N–H and O–H groups in total. The second-order valence-corrected chi connectivity index (χ2v) is 8.84. The van der Waals surface area contributed by atoms with E-state index in [2.05, 4.69) is 5.32 Å². The van der Waals surface area contributed by atoms with Gasteiger partial charge in [0.25, 0.3) is 5.91 Å². The molecule has 0 unspecified atom stereocenters. The Hall–Kier alpha value is -2.36. The van der Waals surface area contributed by atoms with Gasteiger partial charge >= 0.3 is 5.97 Å². The number of sulfonamides is 1. The van der Waals surface area contributed by atoms with Gasteiger partial charge in [-0.1, -0.05) is 6.07 Å². The van der Waals surface area contributed by atoms with Crippen LogP contribution < -0.4 is 10.5 Å². The lowest BCUT2D eigenvalue weighted by molar-refractivity contribution is -0.150. The minimum absolute atomic E-state index is 0.0617. The third-order valence-electron chi connectivity index (χ3n) is 3.96. The standard InChI is InChI=1S/C19H22N2O5S2/c1-12-4-7-16(10-13(12)2)27-11-18(22)26-14(3)19(23)21-15-5-8-17(9-6-15)28(20,24)25/h4-10,14H,11H2,1-3H3,(H,21,23)(H2,20,24,25)/t14-/m0/s1. The van der Waals surface area contributed by atoms with E-state index in [4.69, 9.17) is 9.88 Å². The number of amides is 1. The first-order valence-electron chi connectivity index (χ1n) is 8.39. The van der Waals surface area contributed by atoms with E-state index < -0.39 is 28.0 Å². The molecule has 0 aliphatic rings. The maximum atomic E-state index is 12.1. The Morgan fingerprint density at radius 3 is 2.32 bits per heavy atom. The van der Waals surface area contributed by atoms with Crippen molar-refractivity contribution in [2.24, 2.45) is 5.14 Å². The Kier molecular flexibility index (Phi) is 7.22. The molecule has 2 aromatic carbocycles. The van der Waals surface area contributed by atoms with Gasteiger partial charge in [-0.25, -0.2) is 13.6 Å². The minimum Gasteiger partial charge on any atom is -0.452 e. The Morgan fingerprint density at radius 1 is 1.11 bits per heavy atom. The van der Waals surface area contributed by atoms with Crippen molar-refractivity contribution < 1.29 is 22.7 Å². The maximum Gasteiger partial charge on any atom is 0.317 e. The topological polar surface area (TPSA) is 116 Å². The lowest BCUT2D eigenvalue weighted by Gasteiger charge is -2.14. The number of thioether (sulfide) groups is 1. The van der Waals surface area contributed by atoms with Gasteiger partial charge in [0, 0.05) is 10.6 Å². The number of carbonyl (C=O) groups is 2. The summed E-state index contributed by atoms with van der Waals surface area (Å²) in [5.74, 6) is -0.938. The summed E-state index contributed by atoms with van der Waals surface area (Å²) in [5.41, 5.74) is 2.68. The highest BCUT2D eigenvalue weighted by molar-refractivity contribution is 8.00. The Balaban J connectivity index is 1.85. The van der Waals surface area contributed by atoms with Gasteiger partial charge < -0.3 is 10.1 Å². The van der Waals surface area contributed by atoms with Crippen molar-refractivity contribution in [1.82, 2.24) is 0 Å². The van der Waals surface area contributed by atoms with Crippen LogP contribution in [0.25, 0.3) is 0 Å². The number of benzene rings is 2. The zero-order valence-electron chi connectivity index (χ0n) is 15.8. The summed E-state index contributed by atoms with van der Waals surface area (Å²) in [6.45, 7) is 5.48. The van der Waals surface area contributed by atoms with E-state index in [1.54, 1.807) is 0 Å². The molecule has 0 fully saturated rings. The molecule has 2 rings (SSSR count). The molecule has 150 valence electrons. The quantitative estimate of drug-likeness (QED) is 0.523. The largest absolute Gasteiger partial charge is 0.452 e. The second kappa shape index (κ2) is 9.22. The van der Waals surface area contributed by atoms with E-state index >= 15 is 0 Å². The molecule has 0 aliphatic carbocycles. The Morgan fingerprint density at radius 2 is 1.75 bits per heavy atom. The van der Waals surface area contributed by atoms with Gasteiger partial charge in [-0.2, -0.15) is 0 Å². The van der Waals surface area contributed by atoms with Crippen LogP contribution in [0.3, 0.4) is 0 Å². The normalized spacial score (nSPS) is 12.3. The van der Waals surface area contributed by atoms with Gasteiger partial charge in [0.15, 0.2) is 6.10 Å². The van der Waals surface area contributed by atoms with Crippen molar-refractivity contribution in [2.75, 3.05) is 11.1 Å². The Bertz CT molecular complexity index is 972. The number of ether oxygens (including phenoxy) is 1. The van der Waals surface area contributed by atoms with Gasteiger partial charge in [0.05, 0.1) is 10.6 Å². The summed E-state index contributed by atoms with van der Waals surface area (Å²) in [7, 11) is -3.80. The van der Waals surface area contributed by atoms with E-state index in [1.165, 1.54) is 48.5 Å². The van der Waals surface area contributed by atoms with Gasteiger partial charge in [-0.05, 0) is 68.3 Å². The number of hydrogen-bond acceptors (Lipinski definition) is 6. The van der Waals surface area contributed by atoms with Crippen molar-refractivity contribution in [3.8, 4) is 0 Å². The average molecular weight is 423 g/mol. The molecule has 2 aromatic rings. The Labute approximate surface area is 168 Å². The number of carbonyl (C=O) groups excluding carboxylic acids is 2. The van der Waals surface area contributed by atoms with Gasteiger partial charge in [0.2, 0.25) is 10.0 Å². The maximum absolute atomic E-state index is 12.1. The first kappa shape index (κ1) is 21.9. The molecule has 7 nitrogen and oxygen atoms in total. The minimum atomic E-state index is -3.80. The fourth-order valence-corrected chi connectivity index (χ4v) is 3.49. The predicted molar refractivity (Wildman–Crippen MR) is 109 cm³/mol. The van der Waals surface area contributed by atoms with E-state index in [-0.39, 0.29) is 10.6 Å². The molecule has 0 bridgehead atoms. The van der Waals surface area contributed by atoms with Crippen LogP contribution >= 0.6 is 11.8 Å². The zero-order chi connectivity index (χ0) is 20.9. The van der Waals surface area contributed by atoms with E-state index in [0.29, 0.717) is 5.69 Å². The summed E-state index contributed by atoms with van der Waals surface area (Å²) in [5, 5.41) is 7.58. The highest BCUT2D eigenvalue weighted by Crippen LogP contribution is 2.21. The number of anilines is 1. The number of esters is 1. The highest BCUT2D eigenvalue weighted by Gasteiger charge is 2.18. The van der Waals surface area contributed by atoms with E-state index in [0.717, 1.165) is 10.5 Å².